The Balaban J connectivity index is 1.94. The summed E-state index contributed by atoms with van der Waals surface area (Å²) in [5.74, 6) is -1.16. The van der Waals surface area contributed by atoms with Crippen LogP contribution in [0.5, 0.6) is 5.75 Å². The number of halogens is 1. The molecule has 1 aliphatic rings. The van der Waals surface area contributed by atoms with E-state index in [1.165, 1.54) is 12.0 Å². The van der Waals surface area contributed by atoms with Crippen LogP contribution in [0.4, 0.5) is 5.69 Å². The first-order valence-corrected chi connectivity index (χ1v) is 10.3. The lowest BCUT2D eigenvalue weighted by atomic mass is 9.95. The Bertz CT molecular complexity index is 1210. The number of hydrogen-bond acceptors (Lipinski definition) is 5. The third-order valence-electron chi connectivity index (χ3n) is 5.21. The molecule has 0 radical (unpaired) electrons. The fraction of sp³-hybridized carbons (Fsp3) is 0.125. The van der Waals surface area contributed by atoms with Gasteiger partial charge in [-0.05, 0) is 48.4 Å². The average Bonchev–Trinajstić information content (AvgIpc) is 3.06. The van der Waals surface area contributed by atoms with Crippen molar-refractivity contribution in [2.24, 2.45) is 0 Å². The third kappa shape index (κ3) is 3.72. The van der Waals surface area contributed by atoms with E-state index in [0.29, 0.717) is 22.6 Å². The number of rotatable bonds is 4. The highest BCUT2D eigenvalue weighted by Gasteiger charge is 2.47. The fourth-order valence-electron chi connectivity index (χ4n) is 3.66. The summed E-state index contributed by atoms with van der Waals surface area (Å²) >= 11 is 3.44. The number of aliphatic hydroxyl groups excluding tert-OH is 1. The molecule has 1 fully saturated rings. The lowest BCUT2D eigenvalue weighted by Crippen LogP contribution is -2.29. The highest BCUT2D eigenvalue weighted by atomic mass is 79.9. The van der Waals surface area contributed by atoms with Gasteiger partial charge in [0.25, 0.3) is 11.7 Å². The normalized spacial score (nSPS) is 17.8. The molecule has 1 N–H and O–H groups in total. The van der Waals surface area contributed by atoms with Crippen LogP contribution in [0, 0.1) is 6.92 Å². The van der Waals surface area contributed by atoms with Crippen LogP contribution in [0.3, 0.4) is 0 Å². The molecular formula is C24H19BrN2O4. The number of carbonyl (C=O) groups is 2. The Morgan fingerprint density at radius 3 is 2.61 bits per heavy atom. The molecule has 0 bridgehead atoms. The van der Waals surface area contributed by atoms with Crippen molar-refractivity contribution in [2.75, 3.05) is 12.0 Å². The van der Waals surface area contributed by atoms with Gasteiger partial charge in [0.15, 0.2) is 0 Å². The van der Waals surface area contributed by atoms with E-state index in [0.717, 1.165) is 10.0 Å². The van der Waals surface area contributed by atoms with Crippen molar-refractivity contribution in [3.63, 3.8) is 0 Å². The van der Waals surface area contributed by atoms with Gasteiger partial charge in [0.2, 0.25) is 0 Å². The number of anilines is 1. The number of ketones is 1. The molecule has 7 heteroatoms. The lowest BCUT2D eigenvalue weighted by molar-refractivity contribution is -0.132. The van der Waals surface area contributed by atoms with Crippen LogP contribution in [0.25, 0.3) is 5.76 Å². The molecule has 2 heterocycles. The number of pyridine rings is 1. The Morgan fingerprint density at radius 1 is 1.13 bits per heavy atom. The first-order valence-electron chi connectivity index (χ1n) is 9.54. The number of amides is 1. The van der Waals surface area contributed by atoms with Gasteiger partial charge in [-0.3, -0.25) is 19.5 Å². The molecule has 1 amide bonds. The molecule has 3 aromatic rings. The van der Waals surface area contributed by atoms with Crippen molar-refractivity contribution < 1.29 is 19.4 Å². The Hall–Kier alpha value is -3.45. The summed E-state index contributed by atoms with van der Waals surface area (Å²) in [5, 5.41) is 11.1. The summed E-state index contributed by atoms with van der Waals surface area (Å²) in [7, 11) is 1.53. The summed E-state index contributed by atoms with van der Waals surface area (Å²) in [4.78, 5) is 31.8. The molecule has 1 saturated heterocycles. The second kappa shape index (κ2) is 8.35. The molecule has 1 aliphatic heterocycles. The number of Topliss-reactive ketones (excluding diaryl/α,β-unsaturated/α-hetero) is 1. The molecule has 0 aliphatic carbocycles. The number of benzene rings is 2. The van der Waals surface area contributed by atoms with E-state index in [-0.39, 0.29) is 11.3 Å². The summed E-state index contributed by atoms with van der Waals surface area (Å²) in [6.07, 6.45) is 3.20. The van der Waals surface area contributed by atoms with Crippen molar-refractivity contribution in [3.05, 3.63) is 93.7 Å². The number of hydrogen-bond donors (Lipinski definition) is 1. The maximum absolute atomic E-state index is 13.1. The number of methoxy groups -OCH3 is 1. The standard InChI is InChI=1S/C24H19BrN2O4/c1-14-11-15(8-9-19(14)25)22(28)20-21(16-5-4-10-26-13-16)27(24(30)23(20)29)17-6-3-7-18(12-17)31-2/h3-13,21,28H,1-2H3/b22-20+. The van der Waals surface area contributed by atoms with Gasteiger partial charge in [0.05, 0.1) is 18.7 Å². The van der Waals surface area contributed by atoms with Gasteiger partial charge in [0.1, 0.15) is 11.5 Å². The summed E-state index contributed by atoms with van der Waals surface area (Å²) in [5.41, 5.74) is 2.46. The van der Waals surface area contributed by atoms with Crippen molar-refractivity contribution in [3.8, 4) is 5.75 Å². The van der Waals surface area contributed by atoms with Gasteiger partial charge >= 0.3 is 0 Å². The largest absolute Gasteiger partial charge is 0.507 e. The van der Waals surface area contributed by atoms with Crippen molar-refractivity contribution in [1.82, 2.24) is 4.98 Å². The van der Waals surface area contributed by atoms with Crippen LogP contribution >= 0.6 is 15.9 Å². The topological polar surface area (TPSA) is 79.7 Å². The first-order chi connectivity index (χ1) is 14.9. The second-order valence-corrected chi connectivity index (χ2v) is 7.98. The SMILES string of the molecule is COc1cccc(N2C(=O)C(=O)/C(=C(/O)c3ccc(Br)c(C)c3)C2c2cccnc2)c1. The molecular weight excluding hydrogens is 460 g/mol. The summed E-state index contributed by atoms with van der Waals surface area (Å²) < 4.78 is 6.16. The number of ether oxygens (including phenoxy) is 1. The zero-order chi connectivity index (χ0) is 22.1. The maximum atomic E-state index is 13.1. The fourth-order valence-corrected chi connectivity index (χ4v) is 3.91. The number of nitrogens with zero attached hydrogens (tertiary/aromatic N) is 2. The van der Waals surface area contributed by atoms with Crippen LogP contribution in [0.15, 0.2) is 77.0 Å². The van der Waals surface area contributed by atoms with Gasteiger partial charge in [-0.2, -0.15) is 0 Å². The van der Waals surface area contributed by atoms with Crippen LogP contribution < -0.4 is 9.64 Å². The van der Waals surface area contributed by atoms with E-state index in [1.54, 1.807) is 67.0 Å². The van der Waals surface area contributed by atoms with E-state index >= 15 is 0 Å². The highest BCUT2D eigenvalue weighted by molar-refractivity contribution is 9.10. The van der Waals surface area contributed by atoms with Crippen LogP contribution in [-0.4, -0.2) is 28.9 Å². The van der Waals surface area contributed by atoms with E-state index < -0.39 is 17.7 Å². The molecule has 31 heavy (non-hydrogen) atoms. The lowest BCUT2D eigenvalue weighted by Gasteiger charge is -2.25. The van der Waals surface area contributed by atoms with Crippen molar-refractivity contribution in [2.45, 2.75) is 13.0 Å². The molecule has 1 atom stereocenters. The van der Waals surface area contributed by atoms with Gasteiger partial charge in [-0.15, -0.1) is 0 Å². The van der Waals surface area contributed by atoms with Gasteiger partial charge < -0.3 is 9.84 Å². The monoisotopic (exact) mass is 478 g/mol. The Kier molecular flexibility index (Phi) is 5.61. The van der Waals surface area contributed by atoms with Gasteiger partial charge in [0, 0.05) is 34.2 Å². The quantitative estimate of drug-likeness (QED) is 0.331. The van der Waals surface area contributed by atoms with E-state index in [9.17, 15) is 14.7 Å². The summed E-state index contributed by atoms with van der Waals surface area (Å²) in [6, 6.07) is 14.8. The molecule has 2 aromatic carbocycles. The minimum Gasteiger partial charge on any atom is -0.507 e. The van der Waals surface area contributed by atoms with E-state index in [4.69, 9.17) is 4.74 Å². The first kappa shape index (κ1) is 20.8. The maximum Gasteiger partial charge on any atom is 0.300 e. The molecule has 1 aromatic heterocycles. The molecule has 156 valence electrons. The zero-order valence-electron chi connectivity index (χ0n) is 16.9. The van der Waals surface area contributed by atoms with Gasteiger partial charge in [-0.25, -0.2) is 0 Å². The number of carbonyl (C=O) groups excluding carboxylic acids is 2. The Labute approximate surface area is 187 Å². The molecule has 4 rings (SSSR count). The Morgan fingerprint density at radius 2 is 1.94 bits per heavy atom. The van der Waals surface area contributed by atoms with Crippen LogP contribution in [-0.2, 0) is 9.59 Å². The van der Waals surface area contributed by atoms with Crippen molar-refractivity contribution >= 4 is 39.1 Å². The van der Waals surface area contributed by atoms with Crippen molar-refractivity contribution in [1.29, 1.82) is 0 Å². The average molecular weight is 479 g/mol. The molecule has 6 nitrogen and oxygen atoms in total. The number of aromatic nitrogens is 1. The summed E-state index contributed by atoms with van der Waals surface area (Å²) in [6.45, 7) is 1.88. The third-order valence-corrected chi connectivity index (χ3v) is 6.10. The molecule has 0 saturated carbocycles. The highest BCUT2D eigenvalue weighted by Crippen LogP contribution is 2.42. The number of aryl methyl sites for hydroxylation is 1. The van der Waals surface area contributed by atoms with Crippen LogP contribution in [0.1, 0.15) is 22.7 Å². The predicted molar refractivity (Wildman–Crippen MR) is 121 cm³/mol. The minimum absolute atomic E-state index is 0.0162. The minimum atomic E-state index is -0.829. The van der Waals surface area contributed by atoms with E-state index in [1.807, 2.05) is 6.92 Å². The molecule has 1 unspecified atom stereocenters. The van der Waals surface area contributed by atoms with Gasteiger partial charge in [-0.1, -0.05) is 34.1 Å². The predicted octanol–water partition coefficient (Wildman–Crippen LogP) is 4.79. The number of aliphatic hydroxyl groups is 1. The second-order valence-electron chi connectivity index (χ2n) is 7.12. The van der Waals surface area contributed by atoms with Crippen LogP contribution in [0.2, 0.25) is 0 Å². The molecule has 0 spiro atoms. The smallest absolute Gasteiger partial charge is 0.300 e. The zero-order valence-corrected chi connectivity index (χ0v) is 18.5. The van der Waals surface area contributed by atoms with E-state index in [2.05, 4.69) is 20.9 Å².